The lowest BCUT2D eigenvalue weighted by Gasteiger charge is -2.12. The molecule has 0 bridgehead atoms. The molecule has 0 atom stereocenters. The van der Waals surface area contributed by atoms with Crippen molar-refractivity contribution in [2.24, 2.45) is 10.9 Å². The minimum atomic E-state index is -1.01. The first-order chi connectivity index (χ1) is 14.7. The third-order valence-corrected chi connectivity index (χ3v) is 4.99. The molecule has 3 aromatic rings. The molecule has 4 rings (SSSR count). The van der Waals surface area contributed by atoms with Crippen molar-refractivity contribution >= 4 is 17.4 Å². The third kappa shape index (κ3) is 3.54. The van der Waals surface area contributed by atoms with Gasteiger partial charge in [0.1, 0.15) is 0 Å². The molecule has 0 aliphatic carbocycles. The van der Waals surface area contributed by atoms with Crippen molar-refractivity contribution in [3.8, 4) is 22.5 Å². The molecule has 156 valence electrons. The number of nitrogens with two attached hydrogens (primary N) is 1. The highest BCUT2D eigenvalue weighted by Crippen LogP contribution is 2.29. The lowest BCUT2D eigenvalue weighted by Crippen LogP contribution is -2.33. The van der Waals surface area contributed by atoms with Gasteiger partial charge >= 0.3 is 0 Å². The topological polar surface area (TPSA) is 120 Å². The Morgan fingerprint density at radius 3 is 2.42 bits per heavy atom. The molecule has 1 aliphatic heterocycles. The van der Waals surface area contributed by atoms with E-state index in [9.17, 15) is 14.0 Å². The van der Waals surface area contributed by atoms with Crippen molar-refractivity contribution in [3.63, 3.8) is 0 Å². The molecule has 0 fully saturated rings. The Bertz CT molecular complexity index is 1250. The maximum absolute atomic E-state index is 14.3. The second-order valence-corrected chi connectivity index (χ2v) is 7.58. The van der Waals surface area contributed by atoms with E-state index in [1.807, 2.05) is 13.0 Å². The lowest BCUT2D eigenvalue weighted by atomic mass is 9.93. The van der Waals surface area contributed by atoms with Crippen molar-refractivity contribution in [2.45, 2.75) is 26.4 Å². The average molecular weight is 419 g/mol. The summed E-state index contributed by atoms with van der Waals surface area (Å²) in [5.41, 5.74) is 7.26. The standard InChI is InChI=1S/C22H18FN5O3/c1-11-4-5-12(18-19(29)22(2,3)31-28-18)8-14(11)15-9-27-16(10-26-15)17-13(21(24)30)6-7-25-20(17)23/h4-10H,1-3H3,(H2,24,30). The summed E-state index contributed by atoms with van der Waals surface area (Å²) in [6.07, 6.45) is 3.96. The van der Waals surface area contributed by atoms with Crippen LogP contribution in [0.4, 0.5) is 4.39 Å². The van der Waals surface area contributed by atoms with Gasteiger partial charge in [-0.3, -0.25) is 19.6 Å². The van der Waals surface area contributed by atoms with Gasteiger partial charge in [0.2, 0.25) is 17.6 Å². The van der Waals surface area contributed by atoms with E-state index in [1.54, 1.807) is 26.0 Å². The van der Waals surface area contributed by atoms with Crippen LogP contribution in [0, 0.1) is 12.9 Å². The number of aryl methyl sites for hydroxylation is 1. The number of aromatic nitrogens is 3. The number of nitrogens with zero attached hydrogens (tertiary/aromatic N) is 4. The van der Waals surface area contributed by atoms with Gasteiger partial charge in [-0.25, -0.2) is 4.98 Å². The number of hydrogen-bond donors (Lipinski definition) is 1. The molecule has 0 saturated carbocycles. The van der Waals surface area contributed by atoms with Crippen molar-refractivity contribution in [3.05, 3.63) is 65.5 Å². The monoisotopic (exact) mass is 419 g/mol. The second-order valence-electron chi connectivity index (χ2n) is 7.58. The van der Waals surface area contributed by atoms with Crippen LogP contribution < -0.4 is 5.73 Å². The molecular weight excluding hydrogens is 401 g/mol. The molecule has 1 aromatic carbocycles. The largest absolute Gasteiger partial charge is 0.381 e. The minimum Gasteiger partial charge on any atom is -0.381 e. The van der Waals surface area contributed by atoms with E-state index in [1.165, 1.54) is 18.5 Å². The molecule has 3 heterocycles. The van der Waals surface area contributed by atoms with E-state index < -0.39 is 17.5 Å². The highest BCUT2D eigenvalue weighted by molar-refractivity contribution is 6.49. The van der Waals surface area contributed by atoms with Crippen LogP contribution in [-0.4, -0.2) is 38.0 Å². The van der Waals surface area contributed by atoms with Crippen molar-refractivity contribution in [1.29, 1.82) is 0 Å². The van der Waals surface area contributed by atoms with Crippen LogP contribution in [0.3, 0.4) is 0 Å². The number of primary amides is 1. The van der Waals surface area contributed by atoms with Gasteiger partial charge in [-0.2, -0.15) is 4.39 Å². The maximum Gasteiger partial charge on any atom is 0.249 e. The van der Waals surface area contributed by atoms with E-state index in [4.69, 9.17) is 10.6 Å². The molecule has 1 aliphatic rings. The maximum atomic E-state index is 14.3. The predicted molar refractivity (Wildman–Crippen MR) is 111 cm³/mol. The Morgan fingerprint density at radius 2 is 1.81 bits per heavy atom. The highest BCUT2D eigenvalue weighted by Gasteiger charge is 2.40. The zero-order valence-electron chi connectivity index (χ0n) is 17.0. The van der Waals surface area contributed by atoms with Crippen LogP contribution in [0.5, 0.6) is 0 Å². The van der Waals surface area contributed by atoms with Gasteiger partial charge in [-0.15, -0.1) is 0 Å². The number of rotatable bonds is 4. The van der Waals surface area contributed by atoms with Crippen LogP contribution in [-0.2, 0) is 9.63 Å². The number of pyridine rings is 1. The molecule has 2 N–H and O–H groups in total. The number of ketones is 1. The fraction of sp³-hybridized carbons (Fsp3) is 0.182. The number of hydrogen-bond acceptors (Lipinski definition) is 7. The second kappa shape index (κ2) is 7.35. The SMILES string of the molecule is Cc1ccc(C2=NOC(C)(C)C2=O)cc1-c1cnc(-c2c(C(N)=O)ccnc2F)cn1. The summed E-state index contributed by atoms with van der Waals surface area (Å²) in [5, 5.41) is 3.93. The van der Waals surface area contributed by atoms with Gasteiger partial charge in [0.05, 0.1) is 34.9 Å². The fourth-order valence-corrected chi connectivity index (χ4v) is 3.24. The predicted octanol–water partition coefficient (Wildman–Crippen LogP) is 2.83. The van der Waals surface area contributed by atoms with Gasteiger partial charge < -0.3 is 10.6 Å². The Balaban J connectivity index is 1.73. The van der Waals surface area contributed by atoms with Crippen LogP contribution in [0.25, 0.3) is 22.5 Å². The summed E-state index contributed by atoms with van der Waals surface area (Å²) in [5.74, 6) is -1.87. The number of carbonyl (C=O) groups excluding carboxylic acids is 2. The number of Topliss-reactive ketones (excluding diaryl/α,β-unsaturated/α-hetero) is 1. The third-order valence-electron chi connectivity index (χ3n) is 4.99. The van der Waals surface area contributed by atoms with Crippen molar-refractivity contribution in [2.75, 3.05) is 0 Å². The molecule has 0 unspecified atom stereocenters. The fourth-order valence-electron chi connectivity index (χ4n) is 3.24. The Hall–Kier alpha value is -4.01. The van der Waals surface area contributed by atoms with Crippen LogP contribution in [0.15, 0.2) is 48.0 Å². The van der Waals surface area contributed by atoms with Gasteiger partial charge in [0, 0.05) is 17.3 Å². The molecule has 31 heavy (non-hydrogen) atoms. The minimum absolute atomic E-state index is 0.0342. The number of benzene rings is 1. The number of oxime groups is 1. The van der Waals surface area contributed by atoms with Crippen molar-refractivity contribution in [1.82, 2.24) is 15.0 Å². The molecular formula is C22H18FN5O3. The molecule has 0 radical (unpaired) electrons. The molecule has 0 saturated heterocycles. The number of amides is 1. The molecule has 1 amide bonds. The first kappa shape index (κ1) is 20.3. The van der Waals surface area contributed by atoms with Gasteiger partial charge in [0.15, 0.2) is 11.3 Å². The van der Waals surface area contributed by atoms with Gasteiger partial charge in [-0.1, -0.05) is 17.3 Å². The molecule has 8 nitrogen and oxygen atoms in total. The van der Waals surface area contributed by atoms with Crippen molar-refractivity contribution < 1.29 is 18.8 Å². The molecule has 0 spiro atoms. The Kier molecular flexibility index (Phi) is 4.81. The summed E-state index contributed by atoms with van der Waals surface area (Å²) in [4.78, 5) is 41.6. The number of halogens is 1. The van der Waals surface area contributed by atoms with Crippen LogP contribution in [0.2, 0.25) is 0 Å². The first-order valence-corrected chi connectivity index (χ1v) is 9.38. The summed E-state index contributed by atoms with van der Waals surface area (Å²) < 4.78 is 14.3. The average Bonchev–Trinajstić information content (AvgIpc) is 3.01. The summed E-state index contributed by atoms with van der Waals surface area (Å²) in [6, 6.07) is 6.73. The van der Waals surface area contributed by atoms with Gasteiger partial charge in [0.25, 0.3) is 0 Å². The first-order valence-electron chi connectivity index (χ1n) is 9.38. The highest BCUT2D eigenvalue weighted by atomic mass is 19.1. The lowest BCUT2D eigenvalue weighted by molar-refractivity contribution is -0.128. The van der Waals surface area contributed by atoms with E-state index in [2.05, 4.69) is 20.1 Å². The Morgan fingerprint density at radius 1 is 1.10 bits per heavy atom. The zero-order chi connectivity index (χ0) is 22.3. The van der Waals surface area contributed by atoms with Crippen LogP contribution >= 0.6 is 0 Å². The van der Waals surface area contributed by atoms with E-state index in [0.29, 0.717) is 11.3 Å². The van der Waals surface area contributed by atoms with E-state index in [-0.39, 0.29) is 28.3 Å². The normalized spacial score (nSPS) is 14.8. The summed E-state index contributed by atoms with van der Waals surface area (Å²) >= 11 is 0. The van der Waals surface area contributed by atoms with Crippen LogP contribution in [0.1, 0.15) is 35.3 Å². The zero-order valence-corrected chi connectivity index (χ0v) is 17.0. The number of carbonyl (C=O) groups is 2. The molecule has 2 aromatic heterocycles. The summed E-state index contributed by atoms with van der Waals surface area (Å²) in [7, 11) is 0. The van der Waals surface area contributed by atoms with E-state index >= 15 is 0 Å². The Labute approximate surface area is 177 Å². The van der Waals surface area contributed by atoms with E-state index in [0.717, 1.165) is 17.3 Å². The molecule has 9 heteroatoms. The quantitative estimate of drug-likeness (QED) is 0.649. The van der Waals surface area contributed by atoms with Gasteiger partial charge in [-0.05, 0) is 38.5 Å². The summed E-state index contributed by atoms with van der Waals surface area (Å²) in [6.45, 7) is 5.20. The smallest absolute Gasteiger partial charge is 0.249 e.